The Morgan fingerprint density at radius 1 is 1.00 bits per heavy atom. The summed E-state index contributed by atoms with van der Waals surface area (Å²) in [4.78, 5) is 36.3. The lowest BCUT2D eigenvalue weighted by atomic mass is 10.1. The maximum absolute atomic E-state index is 13.2. The Labute approximate surface area is 160 Å². The van der Waals surface area contributed by atoms with Crippen LogP contribution in [0.15, 0.2) is 42.5 Å². The maximum Gasteiger partial charge on any atom is 0.329 e. The number of carbonyl (C=O) groups is 3. The van der Waals surface area contributed by atoms with E-state index in [9.17, 15) is 23.2 Å². The average Bonchev–Trinajstić information content (AvgIpc) is 2.64. The number of esters is 1. The highest BCUT2D eigenvalue weighted by Gasteiger charge is 2.24. The van der Waals surface area contributed by atoms with Crippen molar-refractivity contribution in [3.05, 3.63) is 65.2 Å². The molecule has 0 aliphatic carbocycles. The van der Waals surface area contributed by atoms with Crippen molar-refractivity contribution in [1.29, 1.82) is 0 Å². The summed E-state index contributed by atoms with van der Waals surface area (Å²) in [6, 6.07) is 8.70. The number of rotatable bonds is 6. The fourth-order valence-electron chi connectivity index (χ4n) is 2.27. The van der Waals surface area contributed by atoms with Crippen LogP contribution in [0.5, 0.6) is 0 Å². The predicted octanol–water partition coefficient (Wildman–Crippen LogP) is 2.96. The number of amides is 2. The SMILES string of the molecule is Cc1cccc(C(=O)N[C@@H](C)C(=O)O[C@@H](C)C(=O)Nc2ccc(F)c(F)c2)c1. The molecule has 2 rings (SSSR count). The largest absolute Gasteiger partial charge is 0.451 e. The molecule has 2 aromatic carbocycles. The summed E-state index contributed by atoms with van der Waals surface area (Å²) < 4.78 is 31.1. The number of benzene rings is 2. The van der Waals surface area contributed by atoms with Gasteiger partial charge in [-0.15, -0.1) is 0 Å². The lowest BCUT2D eigenvalue weighted by Gasteiger charge is -2.17. The molecule has 28 heavy (non-hydrogen) atoms. The molecule has 2 amide bonds. The number of ether oxygens (including phenoxy) is 1. The van der Waals surface area contributed by atoms with E-state index in [2.05, 4.69) is 10.6 Å². The summed E-state index contributed by atoms with van der Waals surface area (Å²) in [5, 5.41) is 4.81. The number of nitrogens with one attached hydrogen (secondary N) is 2. The molecule has 0 aliphatic heterocycles. The van der Waals surface area contributed by atoms with Gasteiger partial charge in [0.25, 0.3) is 11.8 Å². The number of hydrogen-bond acceptors (Lipinski definition) is 4. The quantitative estimate of drug-likeness (QED) is 0.743. The Morgan fingerprint density at radius 3 is 2.36 bits per heavy atom. The normalized spacial score (nSPS) is 12.6. The highest BCUT2D eigenvalue weighted by molar-refractivity contribution is 5.98. The molecule has 0 heterocycles. The molecule has 2 aromatic rings. The van der Waals surface area contributed by atoms with Crippen LogP contribution < -0.4 is 10.6 Å². The molecule has 0 fully saturated rings. The van der Waals surface area contributed by atoms with E-state index < -0.39 is 41.6 Å². The van der Waals surface area contributed by atoms with Gasteiger partial charge in [-0.25, -0.2) is 13.6 Å². The molecule has 0 unspecified atom stereocenters. The third-order valence-corrected chi connectivity index (χ3v) is 3.83. The summed E-state index contributed by atoms with van der Waals surface area (Å²) in [6.45, 7) is 4.58. The molecule has 0 spiro atoms. The van der Waals surface area contributed by atoms with Crippen molar-refractivity contribution in [2.75, 3.05) is 5.32 Å². The molecule has 0 aliphatic rings. The number of aryl methyl sites for hydroxylation is 1. The van der Waals surface area contributed by atoms with E-state index in [4.69, 9.17) is 4.74 Å². The van der Waals surface area contributed by atoms with Crippen LogP contribution in [-0.2, 0) is 14.3 Å². The number of halogens is 2. The molecule has 0 aromatic heterocycles. The summed E-state index contributed by atoms with van der Waals surface area (Å²) >= 11 is 0. The van der Waals surface area contributed by atoms with E-state index in [1.165, 1.54) is 19.9 Å². The highest BCUT2D eigenvalue weighted by atomic mass is 19.2. The third-order valence-electron chi connectivity index (χ3n) is 3.83. The van der Waals surface area contributed by atoms with Crippen LogP contribution in [0, 0.1) is 18.6 Å². The summed E-state index contributed by atoms with van der Waals surface area (Å²) in [5.41, 5.74) is 1.31. The van der Waals surface area contributed by atoms with Gasteiger partial charge < -0.3 is 15.4 Å². The molecule has 0 saturated carbocycles. The van der Waals surface area contributed by atoms with E-state index in [-0.39, 0.29) is 5.69 Å². The fraction of sp³-hybridized carbons (Fsp3) is 0.250. The zero-order valence-corrected chi connectivity index (χ0v) is 15.6. The minimum Gasteiger partial charge on any atom is -0.451 e. The first-order valence-electron chi connectivity index (χ1n) is 8.51. The summed E-state index contributed by atoms with van der Waals surface area (Å²) in [5.74, 6) is -4.15. The van der Waals surface area contributed by atoms with E-state index in [1.54, 1.807) is 18.2 Å². The van der Waals surface area contributed by atoms with E-state index in [0.717, 1.165) is 17.7 Å². The third kappa shape index (κ3) is 5.60. The van der Waals surface area contributed by atoms with Crippen molar-refractivity contribution in [2.45, 2.75) is 32.9 Å². The van der Waals surface area contributed by atoms with Crippen molar-refractivity contribution in [3.63, 3.8) is 0 Å². The second-order valence-corrected chi connectivity index (χ2v) is 6.26. The van der Waals surface area contributed by atoms with Gasteiger partial charge in [0.05, 0.1) is 0 Å². The molecule has 2 atom stereocenters. The Balaban J connectivity index is 1.90. The van der Waals surface area contributed by atoms with Crippen LogP contribution in [0.4, 0.5) is 14.5 Å². The molecule has 8 heteroatoms. The molecular weight excluding hydrogens is 370 g/mol. The lowest BCUT2D eigenvalue weighted by Crippen LogP contribution is -2.42. The second kappa shape index (κ2) is 9.07. The van der Waals surface area contributed by atoms with Crippen LogP contribution in [0.1, 0.15) is 29.8 Å². The summed E-state index contributed by atoms with van der Waals surface area (Å²) in [6.07, 6.45) is -1.21. The van der Waals surface area contributed by atoms with Crippen molar-refractivity contribution in [3.8, 4) is 0 Å². The smallest absolute Gasteiger partial charge is 0.329 e. The molecule has 148 valence electrons. The van der Waals surface area contributed by atoms with E-state index in [0.29, 0.717) is 5.56 Å². The van der Waals surface area contributed by atoms with Crippen LogP contribution in [0.25, 0.3) is 0 Å². The number of hydrogen-bond donors (Lipinski definition) is 2. The number of carbonyl (C=O) groups excluding carboxylic acids is 3. The molecule has 2 N–H and O–H groups in total. The molecule has 6 nitrogen and oxygen atoms in total. The van der Waals surface area contributed by atoms with Crippen LogP contribution in [0.2, 0.25) is 0 Å². The van der Waals surface area contributed by atoms with E-state index >= 15 is 0 Å². The average molecular weight is 390 g/mol. The zero-order valence-electron chi connectivity index (χ0n) is 15.6. The summed E-state index contributed by atoms with van der Waals surface area (Å²) in [7, 11) is 0. The van der Waals surface area contributed by atoms with Gasteiger partial charge in [-0.2, -0.15) is 0 Å². The fourth-order valence-corrected chi connectivity index (χ4v) is 2.27. The monoisotopic (exact) mass is 390 g/mol. The van der Waals surface area contributed by atoms with Crippen LogP contribution >= 0.6 is 0 Å². The van der Waals surface area contributed by atoms with Gasteiger partial charge in [0.1, 0.15) is 6.04 Å². The highest BCUT2D eigenvalue weighted by Crippen LogP contribution is 2.14. The first-order chi connectivity index (χ1) is 13.2. The Hall–Kier alpha value is -3.29. The second-order valence-electron chi connectivity index (χ2n) is 6.26. The predicted molar refractivity (Wildman–Crippen MR) is 98.6 cm³/mol. The maximum atomic E-state index is 13.2. The topological polar surface area (TPSA) is 84.5 Å². The Morgan fingerprint density at radius 2 is 1.71 bits per heavy atom. The van der Waals surface area contributed by atoms with Gasteiger partial charge in [-0.3, -0.25) is 9.59 Å². The lowest BCUT2D eigenvalue weighted by molar-refractivity contribution is -0.154. The van der Waals surface area contributed by atoms with Crippen molar-refractivity contribution in [2.24, 2.45) is 0 Å². The van der Waals surface area contributed by atoms with Crippen LogP contribution in [0.3, 0.4) is 0 Å². The van der Waals surface area contributed by atoms with Gasteiger partial charge in [0.2, 0.25) is 0 Å². The molecule has 0 saturated heterocycles. The van der Waals surface area contributed by atoms with Gasteiger partial charge >= 0.3 is 5.97 Å². The number of anilines is 1. The van der Waals surface area contributed by atoms with Gasteiger partial charge in [-0.1, -0.05) is 17.7 Å². The van der Waals surface area contributed by atoms with Crippen molar-refractivity contribution >= 4 is 23.5 Å². The standard InChI is InChI=1S/C20H20F2N2O4/c1-11-5-4-6-14(9-11)19(26)23-12(2)20(27)28-13(3)18(25)24-15-7-8-16(21)17(22)10-15/h4-10,12-13H,1-3H3,(H,23,26)(H,24,25)/t12-,13-/m0/s1. The first-order valence-corrected chi connectivity index (χ1v) is 8.51. The van der Waals surface area contributed by atoms with Crippen molar-refractivity contribution in [1.82, 2.24) is 5.32 Å². The first kappa shape index (κ1) is 21.0. The molecule has 0 bridgehead atoms. The molecular formula is C20H20F2N2O4. The minimum atomic E-state index is -1.21. The van der Waals surface area contributed by atoms with Crippen LogP contribution in [-0.4, -0.2) is 29.9 Å². The van der Waals surface area contributed by atoms with Crippen molar-refractivity contribution < 1.29 is 27.9 Å². The zero-order chi connectivity index (χ0) is 20.8. The Kier molecular flexibility index (Phi) is 6.81. The van der Waals surface area contributed by atoms with E-state index in [1.807, 2.05) is 13.0 Å². The molecule has 0 radical (unpaired) electrons. The Bertz CT molecular complexity index is 902. The van der Waals surface area contributed by atoms with Gasteiger partial charge in [0.15, 0.2) is 17.7 Å². The van der Waals surface area contributed by atoms with Gasteiger partial charge in [0, 0.05) is 17.3 Å². The minimum absolute atomic E-state index is 0.0209. The van der Waals surface area contributed by atoms with Gasteiger partial charge in [-0.05, 0) is 45.0 Å².